The molecule has 0 aliphatic carbocycles. The summed E-state index contributed by atoms with van der Waals surface area (Å²) in [5.74, 6) is -0.813. The molecule has 0 spiro atoms. The normalized spacial score (nSPS) is 10.8. The Labute approximate surface area is 117 Å². The third-order valence-corrected chi connectivity index (χ3v) is 3.28. The van der Waals surface area contributed by atoms with Gasteiger partial charge < -0.3 is 5.11 Å². The molecule has 0 saturated heterocycles. The molecular formula is C11H14Br2N2O2. The third-order valence-electron chi connectivity index (χ3n) is 2.16. The van der Waals surface area contributed by atoms with Crippen LogP contribution in [0.4, 0.5) is 0 Å². The van der Waals surface area contributed by atoms with Crippen LogP contribution < -0.4 is 0 Å². The van der Waals surface area contributed by atoms with E-state index in [9.17, 15) is 4.79 Å². The molecule has 94 valence electrons. The number of rotatable bonds is 6. The van der Waals surface area contributed by atoms with Crippen molar-refractivity contribution in [3.05, 3.63) is 26.9 Å². The first-order chi connectivity index (χ1) is 8.02. The maximum atomic E-state index is 10.7. The van der Waals surface area contributed by atoms with Gasteiger partial charge in [0, 0.05) is 21.7 Å². The number of hydrogen-bond acceptors (Lipinski definition) is 3. The number of carbonyl (C=O) groups is 1. The predicted molar refractivity (Wildman–Crippen MR) is 72.8 cm³/mol. The third kappa shape index (κ3) is 5.14. The molecular weight excluding hydrogens is 352 g/mol. The molecule has 0 bridgehead atoms. The van der Waals surface area contributed by atoms with Crippen molar-refractivity contribution in [2.75, 3.05) is 13.1 Å². The van der Waals surface area contributed by atoms with Crippen LogP contribution in [-0.2, 0) is 11.3 Å². The highest BCUT2D eigenvalue weighted by Gasteiger charge is 2.12. The van der Waals surface area contributed by atoms with Crippen molar-refractivity contribution in [2.24, 2.45) is 0 Å². The number of hydrogen-bond donors (Lipinski definition) is 1. The minimum absolute atomic E-state index is 0.0397. The summed E-state index contributed by atoms with van der Waals surface area (Å²) < 4.78 is 1.78. The Morgan fingerprint density at radius 2 is 2.24 bits per heavy atom. The Balaban J connectivity index is 2.74. The molecule has 1 aromatic rings. The van der Waals surface area contributed by atoms with Gasteiger partial charge in [-0.1, -0.05) is 6.92 Å². The van der Waals surface area contributed by atoms with Crippen LogP contribution in [0.2, 0.25) is 0 Å². The van der Waals surface area contributed by atoms with Gasteiger partial charge in [-0.05, 0) is 50.9 Å². The zero-order valence-electron chi connectivity index (χ0n) is 9.49. The Bertz CT molecular complexity index is 399. The number of aromatic nitrogens is 1. The van der Waals surface area contributed by atoms with E-state index in [0.717, 1.165) is 27.6 Å². The van der Waals surface area contributed by atoms with Crippen LogP contribution >= 0.6 is 31.9 Å². The topological polar surface area (TPSA) is 53.4 Å². The van der Waals surface area contributed by atoms with Gasteiger partial charge in [0.25, 0.3) is 0 Å². The summed E-state index contributed by atoms with van der Waals surface area (Å²) >= 11 is 6.76. The number of carboxylic acids is 1. The van der Waals surface area contributed by atoms with Gasteiger partial charge in [0.05, 0.1) is 12.2 Å². The van der Waals surface area contributed by atoms with Crippen LogP contribution in [0.15, 0.2) is 21.2 Å². The van der Waals surface area contributed by atoms with Crippen molar-refractivity contribution in [3.8, 4) is 0 Å². The zero-order valence-corrected chi connectivity index (χ0v) is 12.7. The first-order valence-electron chi connectivity index (χ1n) is 5.27. The van der Waals surface area contributed by atoms with Crippen molar-refractivity contribution in [1.29, 1.82) is 0 Å². The monoisotopic (exact) mass is 364 g/mol. The van der Waals surface area contributed by atoms with Crippen molar-refractivity contribution in [1.82, 2.24) is 9.88 Å². The van der Waals surface area contributed by atoms with E-state index in [1.54, 1.807) is 6.20 Å². The van der Waals surface area contributed by atoms with Crippen molar-refractivity contribution in [2.45, 2.75) is 19.9 Å². The molecule has 1 rings (SSSR count). The molecule has 1 heterocycles. The molecule has 1 aromatic heterocycles. The SMILES string of the molecule is CCCN(CC(=O)O)Cc1ncc(Br)cc1Br. The van der Waals surface area contributed by atoms with Crippen LogP contribution in [0.3, 0.4) is 0 Å². The van der Waals surface area contributed by atoms with E-state index in [1.807, 2.05) is 17.9 Å². The van der Waals surface area contributed by atoms with E-state index in [2.05, 4.69) is 36.8 Å². The second kappa shape index (κ2) is 7.08. The van der Waals surface area contributed by atoms with Crippen molar-refractivity contribution < 1.29 is 9.90 Å². The summed E-state index contributed by atoms with van der Waals surface area (Å²) in [5, 5.41) is 8.82. The van der Waals surface area contributed by atoms with Crippen LogP contribution in [0, 0.1) is 0 Å². The summed E-state index contributed by atoms with van der Waals surface area (Å²) in [5.41, 5.74) is 0.850. The first-order valence-corrected chi connectivity index (χ1v) is 6.85. The molecule has 0 atom stereocenters. The van der Waals surface area contributed by atoms with Gasteiger partial charge in [-0.15, -0.1) is 0 Å². The fourth-order valence-corrected chi connectivity index (χ4v) is 2.61. The van der Waals surface area contributed by atoms with E-state index in [1.165, 1.54) is 0 Å². The van der Waals surface area contributed by atoms with Crippen LogP contribution in [-0.4, -0.2) is 34.0 Å². The van der Waals surface area contributed by atoms with E-state index < -0.39 is 5.97 Å². The maximum absolute atomic E-state index is 10.7. The van der Waals surface area contributed by atoms with Gasteiger partial charge in [-0.2, -0.15) is 0 Å². The Hall–Kier alpha value is -0.460. The summed E-state index contributed by atoms with van der Waals surface area (Å²) in [6.45, 7) is 3.35. The average Bonchev–Trinajstić information content (AvgIpc) is 2.21. The molecule has 0 saturated carbocycles. The van der Waals surface area contributed by atoms with E-state index in [-0.39, 0.29) is 6.54 Å². The highest BCUT2D eigenvalue weighted by atomic mass is 79.9. The van der Waals surface area contributed by atoms with Crippen molar-refractivity contribution >= 4 is 37.8 Å². The van der Waals surface area contributed by atoms with Gasteiger partial charge in [0.2, 0.25) is 0 Å². The molecule has 0 aliphatic heterocycles. The van der Waals surface area contributed by atoms with Crippen LogP contribution in [0.25, 0.3) is 0 Å². The Kier molecular flexibility index (Phi) is 6.08. The lowest BCUT2D eigenvalue weighted by molar-refractivity contribution is -0.138. The minimum atomic E-state index is -0.813. The number of halogens is 2. The maximum Gasteiger partial charge on any atom is 0.317 e. The quantitative estimate of drug-likeness (QED) is 0.842. The number of aliphatic carboxylic acids is 1. The zero-order chi connectivity index (χ0) is 12.8. The second-order valence-corrected chi connectivity index (χ2v) is 5.46. The Morgan fingerprint density at radius 1 is 1.53 bits per heavy atom. The van der Waals surface area contributed by atoms with Gasteiger partial charge >= 0.3 is 5.97 Å². The Morgan fingerprint density at radius 3 is 2.76 bits per heavy atom. The molecule has 17 heavy (non-hydrogen) atoms. The molecule has 0 aliphatic rings. The van der Waals surface area contributed by atoms with Crippen LogP contribution in [0.1, 0.15) is 19.0 Å². The lowest BCUT2D eigenvalue weighted by Gasteiger charge is -2.19. The molecule has 0 amide bonds. The lowest BCUT2D eigenvalue weighted by atomic mass is 10.3. The minimum Gasteiger partial charge on any atom is -0.480 e. The predicted octanol–water partition coefficient (Wildman–Crippen LogP) is 2.90. The van der Waals surface area contributed by atoms with Crippen molar-refractivity contribution in [3.63, 3.8) is 0 Å². The van der Waals surface area contributed by atoms with E-state index >= 15 is 0 Å². The second-order valence-electron chi connectivity index (χ2n) is 3.69. The lowest BCUT2D eigenvalue weighted by Crippen LogP contribution is -2.30. The summed E-state index contributed by atoms with van der Waals surface area (Å²) in [6, 6.07) is 1.91. The standard InChI is InChI=1S/C11H14Br2N2O2/c1-2-3-15(7-11(16)17)6-10-9(13)4-8(12)5-14-10/h4-5H,2-3,6-7H2,1H3,(H,16,17). The smallest absolute Gasteiger partial charge is 0.317 e. The van der Waals surface area contributed by atoms with Gasteiger partial charge in [0.1, 0.15) is 0 Å². The fourth-order valence-electron chi connectivity index (χ4n) is 1.49. The molecule has 0 radical (unpaired) electrons. The van der Waals surface area contributed by atoms with Gasteiger partial charge in [-0.25, -0.2) is 0 Å². The summed E-state index contributed by atoms with van der Waals surface area (Å²) in [7, 11) is 0. The highest BCUT2D eigenvalue weighted by molar-refractivity contribution is 9.11. The summed E-state index contributed by atoms with van der Waals surface area (Å²) in [6.07, 6.45) is 2.63. The van der Waals surface area contributed by atoms with E-state index in [4.69, 9.17) is 5.11 Å². The number of pyridine rings is 1. The van der Waals surface area contributed by atoms with Gasteiger partial charge in [0.15, 0.2) is 0 Å². The molecule has 6 heteroatoms. The first kappa shape index (κ1) is 14.6. The van der Waals surface area contributed by atoms with Gasteiger partial charge in [-0.3, -0.25) is 14.7 Å². The molecule has 0 unspecified atom stereocenters. The number of carboxylic acid groups (broad SMARTS) is 1. The van der Waals surface area contributed by atoms with Crippen LogP contribution in [0.5, 0.6) is 0 Å². The highest BCUT2D eigenvalue weighted by Crippen LogP contribution is 2.20. The molecule has 4 nitrogen and oxygen atoms in total. The molecule has 0 fully saturated rings. The average molecular weight is 366 g/mol. The largest absolute Gasteiger partial charge is 0.480 e. The molecule has 1 N–H and O–H groups in total. The van der Waals surface area contributed by atoms with E-state index in [0.29, 0.717) is 6.54 Å². The molecule has 0 aromatic carbocycles. The number of nitrogens with zero attached hydrogens (tertiary/aromatic N) is 2. The summed E-state index contributed by atoms with van der Waals surface area (Å²) in [4.78, 5) is 16.9. The fraction of sp³-hybridized carbons (Fsp3) is 0.455.